The van der Waals surface area contributed by atoms with Gasteiger partial charge in [-0.05, 0) is 45.5 Å². The minimum Gasteiger partial charge on any atom is -0.480 e. The fourth-order valence-corrected chi connectivity index (χ4v) is 5.85. The van der Waals surface area contributed by atoms with E-state index in [1.165, 1.54) is 12.1 Å². The van der Waals surface area contributed by atoms with Crippen LogP contribution in [0.5, 0.6) is 0 Å². The number of amides is 1. The second kappa shape index (κ2) is 11.9. The molecule has 5 rings (SSSR count). The first-order valence-electron chi connectivity index (χ1n) is 12.8. The number of aliphatic carboxylic acids is 1. The standard InChI is InChI=1S/C31H28NO7P/c33-30(34)29(18-21-14-16-23(17-15-21)40(36,37)39-19-22-8-2-1-3-9-22)32-31(35)38-20-28-26-12-6-4-10-24(26)25-11-5-7-13-27(25)28/h1-17,28-29H,18-20H2,(H,32,35)(H,33,34)(H,36,37)/t29-/m1/s1. The Kier molecular flexibility index (Phi) is 8.12. The van der Waals surface area contributed by atoms with Crippen molar-refractivity contribution in [1.82, 2.24) is 5.32 Å². The van der Waals surface area contributed by atoms with Crippen LogP contribution >= 0.6 is 7.60 Å². The molecule has 0 fully saturated rings. The zero-order chi connectivity index (χ0) is 28.1. The fraction of sp³-hybridized carbons (Fsp3) is 0.161. The van der Waals surface area contributed by atoms with Crippen LogP contribution in [0.3, 0.4) is 0 Å². The Morgan fingerprint density at radius 1 is 0.800 bits per heavy atom. The topological polar surface area (TPSA) is 122 Å². The summed E-state index contributed by atoms with van der Waals surface area (Å²) in [6.45, 7) is 0.0389. The molecule has 0 radical (unpaired) electrons. The summed E-state index contributed by atoms with van der Waals surface area (Å²) in [6, 6.07) is 29.6. The lowest BCUT2D eigenvalue weighted by Gasteiger charge is -2.18. The lowest BCUT2D eigenvalue weighted by molar-refractivity contribution is -0.139. The largest absolute Gasteiger partial charge is 0.480 e. The van der Waals surface area contributed by atoms with Gasteiger partial charge in [-0.15, -0.1) is 0 Å². The van der Waals surface area contributed by atoms with Crippen LogP contribution in [0.4, 0.5) is 4.79 Å². The molecule has 0 heterocycles. The zero-order valence-corrected chi connectivity index (χ0v) is 22.4. The van der Waals surface area contributed by atoms with Crippen molar-refractivity contribution < 1.29 is 33.4 Å². The maximum atomic E-state index is 12.7. The van der Waals surface area contributed by atoms with Crippen LogP contribution in [0.15, 0.2) is 103 Å². The Bertz CT molecular complexity index is 1510. The highest BCUT2D eigenvalue weighted by molar-refractivity contribution is 7.61. The van der Waals surface area contributed by atoms with Gasteiger partial charge < -0.3 is 24.6 Å². The Balaban J connectivity index is 1.18. The first-order valence-corrected chi connectivity index (χ1v) is 14.3. The molecule has 204 valence electrons. The number of rotatable bonds is 10. The first-order chi connectivity index (χ1) is 19.3. The van der Waals surface area contributed by atoms with E-state index in [2.05, 4.69) is 5.32 Å². The van der Waals surface area contributed by atoms with E-state index in [4.69, 9.17) is 9.26 Å². The summed E-state index contributed by atoms with van der Waals surface area (Å²) in [5, 5.41) is 12.2. The Labute approximate surface area is 231 Å². The van der Waals surface area contributed by atoms with Crippen LogP contribution in [-0.4, -0.2) is 34.7 Å². The van der Waals surface area contributed by atoms with Gasteiger partial charge in [0.05, 0.1) is 11.9 Å². The highest BCUT2D eigenvalue weighted by Gasteiger charge is 2.30. The second-order valence-electron chi connectivity index (χ2n) is 9.51. The van der Waals surface area contributed by atoms with Crippen LogP contribution in [0.1, 0.15) is 28.2 Å². The van der Waals surface area contributed by atoms with Crippen molar-refractivity contribution in [2.75, 3.05) is 6.61 Å². The maximum Gasteiger partial charge on any atom is 0.407 e. The lowest BCUT2D eigenvalue weighted by atomic mass is 9.98. The van der Waals surface area contributed by atoms with E-state index in [1.54, 1.807) is 24.3 Å². The van der Waals surface area contributed by atoms with Gasteiger partial charge in [-0.2, -0.15) is 0 Å². The molecule has 1 aliphatic rings. The third-order valence-electron chi connectivity index (χ3n) is 6.89. The molecule has 0 saturated heterocycles. The summed E-state index contributed by atoms with van der Waals surface area (Å²) in [5.74, 6) is -1.37. The van der Waals surface area contributed by atoms with Crippen LogP contribution in [-0.2, 0) is 31.6 Å². The molecule has 1 aliphatic carbocycles. The van der Waals surface area contributed by atoms with E-state index in [0.717, 1.165) is 27.8 Å². The molecule has 1 unspecified atom stereocenters. The molecule has 4 aromatic carbocycles. The number of carbonyl (C=O) groups excluding carboxylic acids is 1. The third-order valence-corrected chi connectivity index (χ3v) is 8.32. The summed E-state index contributed by atoms with van der Waals surface area (Å²) < 4.78 is 23.4. The third kappa shape index (κ3) is 6.15. The van der Waals surface area contributed by atoms with Gasteiger partial charge in [-0.1, -0.05) is 91.0 Å². The van der Waals surface area contributed by atoms with Crippen LogP contribution < -0.4 is 10.6 Å². The summed E-state index contributed by atoms with van der Waals surface area (Å²) in [5.41, 5.74) is 5.62. The first kappa shape index (κ1) is 27.3. The highest BCUT2D eigenvalue weighted by Crippen LogP contribution is 2.44. The van der Waals surface area contributed by atoms with Crippen molar-refractivity contribution >= 4 is 25.0 Å². The van der Waals surface area contributed by atoms with Gasteiger partial charge in [-0.3, -0.25) is 4.57 Å². The molecular formula is C31H28NO7P. The maximum absolute atomic E-state index is 12.7. The van der Waals surface area contributed by atoms with E-state index in [1.807, 2.05) is 66.7 Å². The van der Waals surface area contributed by atoms with Crippen LogP contribution in [0, 0.1) is 0 Å². The SMILES string of the molecule is O=C(N[C@H](Cc1ccc(P(=O)(O)OCc2ccccc2)cc1)C(=O)O)OCC1c2ccccc2-c2ccccc21. The van der Waals surface area contributed by atoms with E-state index in [0.29, 0.717) is 5.56 Å². The molecule has 4 aromatic rings. The average Bonchev–Trinajstić information content (AvgIpc) is 3.29. The molecule has 2 atom stereocenters. The lowest BCUT2D eigenvalue weighted by Crippen LogP contribution is -2.43. The molecule has 40 heavy (non-hydrogen) atoms. The van der Waals surface area contributed by atoms with E-state index < -0.39 is 25.7 Å². The summed E-state index contributed by atoms with van der Waals surface area (Å²) >= 11 is 0. The van der Waals surface area contributed by atoms with Crippen LogP contribution in [0.25, 0.3) is 11.1 Å². The van der Waals surface area contributed by atoms with Gasteiger partial charge in [0.1, 0.15) is 12.6 Å². The van der Waals surface area contributed by atoms with Crippen molar-refractivity contribution in [2.24, 2.45) is 0 Å². The average molecular weight is 558 g/mol. The molecule has 8 nitrogen and oxygen atoms in total. The number of alkyl carbamates (subject to hydrolysis) is 1. The quantitative estimate of drug-likeness (QED) is 0.228. The number of carbonyl (C=O) groups is 2. The number of benzene rings is 4. The second-order valence-corrected chi connectivity index (χ2v) is 11.3. The zero-order valence-electron chi connectivity index (χ0n) is 21.5. The Hall–Kier alpha value is -4.23. The van der Waals surface area contributed by atoms with Crippen molar-refractivity contribution in [3.8, 4) is 11.1 Å². The van der Waals surface area contributed by atoms with E-state index in [-0.39, 0.29) is 30.9 Å². The van der Waals surface area contributed by atoms with Crippen molar-refractivity contribution in [3.63, 3.8) is 0 Å². The summed E-state index contributed by atoms with van der Waals surface area (Å²) in [7, 11) is -4.08. The smallest absolute Gasteiger partial charge is 0.407 e. The molecular weight excluding hydrogens is 529 g/mol. The molecule has 9 heteroatoms. The van der Waals surface area contributed by atoms with Gasteiger partial charge in [0.15, 0.2) is 0 Å². The molecule has 0 spiro atoms. The normalized spacial score (nSPS) is 14.4. The van der Waals surface area contributed by atoms with E-state index >= 15 is 0 Å². The Morgan fingerprint density at radius 2 is 1.38 bits per heavy atom. The monoisotopic (exact) mass is 557 g/mol. The number of hydrogen-bond donors (Lipinski definition) is 3. The minimum absolute atomic E-state index is 0.0263. The molecule has 3 N–H and O–H groups in total. The molecule has 0 bridgehead atoms. The molecule has 0 saturated carbocycles. The molecule has 0 aliphatic heterocycles. The predicted molar refractivity (Wildman–Crippen MR) is 150 cm³/mol. The Morgan fingerprint density at radius 3 is 1.98 bits per heavy atom. The molecule has 1 amide bonds. The minimum atomic E-state index is -4.08. The number of hydrogen-bond acceptors (Lipinski definition) is 5. The number of carboxylic acid groups (broad SMARTS) is 1. The van der Waals surface area contributed by atoms with Crippen LogP contribution in [0.2, 0.25) is 0 Å². The summed E-state index contributed by atoms with van der Waals surface area (Å²) in [4.78, 5) is 34.9. The van der Waals surface area contributed by atoms with Gasteiger partial charge in [0.2, 0.25) is 0 Å². The summed E-state index contributed by atoms with van der Waals surface area (Å²) in [6.07, 6.45) is -0.875. The van der Waals surface area contributed by atoms with Gasteiger partial charge in [0, 0.05) is 12.3 Å². The highest BCUT2D eigenvalue weighted by atomic mass is 31.2. The van der Waals surface area contributed by atoms with Crippen molar-refractivity contribution in [3.05, 3.63) is 125 Å². The number of fused-ring (bicyclic) bond motifs is 3. The van der Waals surface area contributed by atoms with Gasteiger partial charge in [-0.25, -0.2) is 9.59 Å². The number of carboxylic acids is 1. The molecule has 0 aromatic heterocycles. The van der Waals surface area contributed by atoms with Crippen molar-refractivity contribution in [2.45, 2.75) is 25.0 Å². The predicted octanol–water partition coefficient (Wildman–Crippen LogP) is 5.25. The number of nitrogens with one attached hydrogen (secondary N) is 1. The van der Waals surface area contributed by atoms with Gasteiger partial charge >= 0.3 is 19.7 Å². The van der Waals surface area contributed by atoms with E-state index in [9.17, 15) is 24.2 Å². The fourth-order valence-electron chi connectivity index (χ4n) is 4.85. The van der Waals surface area contributed by atoms with Gasteiger partial charge in [0.25, 0.3) is 0 Å². The number of ether oxygens (including phenoxy) is 1. The van der Waals surface area contributed by atoms with Crippen molar-refractivity contribution in [1.29, 1.82) is 0 Å².